The van der Waals surface area contributed by atoms with Gasteiger partial charge in [-0.05, 0) is 50.3 Å². The van der Waals surface area contributed by atoms with Crippen molar-refractivity contribution in [1.29, 1.82) is 0 Å². The summed E-state index contributed by atoms with van der Waals surface area (Å²) in [4.78, 5) is 23.1. The van der Waals surface area contributed by atoms with Crippen molar-refractivity contribution < 1.29 is 14.7 Å². The highest BCUT2D eigenvalue weighted by Gasteiger charge is 2.19. The van der Waals surface area contributed by atoms with Gasteiger partial charge in [-0.15, -0.1) is 0 Å². The third-order valence-electron chi connectivity index (χ3n) is 3.13. The van der Waals surface area contributed by atoms with Gasteiger partial charge in [0.2, 0.25) is 0 Å². The maximum atomic E-state index is 12.0. The minimum atomic E-state index is -1.02. The van der Waals surface area contributed by atoms with Crippen LogP contribution in [-0.4, -0.2) is 35.2 Å². The van der Waals surface area contributed by atoms with E-state index in [-0.39, 0.29) is 0 Å². The lowest BCUT2D eigenvalue weighted by atomic mass is 10.1. The minimum Gasteiger partial charge on any atom is -0.480 e. The molecule has 2 amide bonds. The van der Waals surface area contributed by atoms with Crippen LogP contribution in [0.2, 0.25) is 0 Å². The third kappa shape index (κ3) is 5.30. The number of hydrogen-bond acceptors (Lipinski definition) is 3. The summed E-state index contributed by atoms with van der Waals surface area (Å²) >= 11 is 1.55. The molecule has 0 heterocycles. The van der Waals surface area contributed by atoms with Crippen LogP contribution in [0.3, 0.4) is 0 Å². The van der Waals surface area contributed by atoms with Crippen molar-refractivity contribution in [2.75, 3.05) is 17.3 Å². The number of anilines is 1. The highest BCUT2D eigenvalue weighted by atomic mass is 32.2. The predicted molar refractivity (Wildman–Crippen MR) is 87.2 cm³/mol. The van der Waals surface area contributed by atoms with Gasteiger partial charge in [-0.1, -0.05) is 17.7 Å². The summed E-state index contributed by atoms with van der Waals surface area (Å²) in [5.41, 5.74) is 3.77. The summed E-state index contributed by atoms with van der Waals surface area (Å²) in [5.74, 6) is -0.337. The molecule has 0 aliphatic rings. The number of carboxylic acid groups (broad SMARTS) is 1. The Balaban J connectivity index is 2.74. The number of rotatable bonds is 6. The van der Waals surface area contributed by atoms with Crippen molar-refractivity contribution in [2.24, 2.45) is 0 Å². The van der Waals surface area contributed by atoms with Gasteiger partial charge in [-0.25, -0.2) is 9.59 Å². The lowest BCUT2D eigenvalue weighted by molar-refractivity contribution is -0.139. The lowest BCUT2D eigenvalue weighted by Gasteiger charge is -2.17. The number of nitrogens with one attached hydrogen (secondary N) is 2. The quantitative estimate of drug-likeness (QED) is 0.755. The van der Waals surface area contributed by atoms with Gasteiger partial charge in [0.1, 0.15) is 6.04 Å². The first kappa shape index (κ1) is 17.4. The summed E-state index contributed by atoms with van der Waals surface area (Å²) in [7, 11) is 0. The van der Waals surface area contributed by atoms with Crippen molar-refractivity contribution in [3.8, 4) is 0 Å². The van der Waals surface area contributed by atoms with Gasteiger partial charge in [0.25, 0.3) is 0 Å². The number of hydrogen-bond donors (Lipinski definition) is 3. The molecular formula is C15H22N2O3S. The van der Waals surface area contributed by atoms with E-state index in [2.05, 4.69) is 10.6 Å². The molecule has 0 aliphatic heterocycles. The number of carbonyl (C=O) groups is 2. The second kappa shape index (κ2) is 7.93. The smallest absolute Gasteiger partial charge is 0.326 e. The van der Waals surface area contributed by atoms with Gasteiger partial charge >= 0.3 is 12.0 Å². The van der Waals surface area contributed by atoms with Gasteiger partial charge in [-0.3, -0.25) is 0 Å². The van der Waals surface area contributed by atoms with E-state index in [1.807, 2.05) is 39.2 Å². The average Bonchev–Trinajstić information content (AvgIpc) is 2.38. The highest BCUT2D eigenvalue weighted by Crippen LogP contribution is 2.21. The van der Waals surface area contributed by atoms with Crippen LogP contribution in [-0.2, 0) is 4.79 Å². The van der Waals surface area contributed by atoms with Crippen LogP contribution >= 0.6 is 11.8 Å². The summed E-state index contributed by atoms with van der Waals surface area (Å²) in [6.45, 7) is 5.82. The van der Waals surface area contributed by atoms with E-state index in [0.717, 1.165) is 22.4 Å². The Labute approximate surface area is 129 Å². The maximum absolute atomic E-state index is 12.0. The molecule has 0 bridgehead atoms. The van der Waals surface area contributed by atoms with E-state index in [1.165, 1.54) is 0 Å². The Bertz CT molecular complexity index is 509. The average molecular weight is 310 g/mol. The fourth-order valence-corrected chi connectivity index (χ4v) is 2.65. The second-order valence-corrected chi connectivity index (χ2v) is 6.03. The molecule has 1 aromatic carbocycles. The Morgan fingerprint density at radius 1 is 1.24 bits per heavy atom. The largest absolute Gasteiger partial charge is 0.480 e. The molecule has 1 atom stereocenters. The molecule has 0 radical (unpaired) electrons. The van der Waals surface area contributed by atoms with Crippen molar-refractivity contribution in [2.45, 2.75) is 33.2 Å². The molecule has 1 rings (SSSR count). The number of aryl methyl sites for hydroxylation is 3. The molecule has 0 saturated carbocycles. The van der Waals surface area contributed by atoms with E-state index in [0.29, 0.717) is 12.2 Å². The molecule has 0 spiro atoms. The van der Waals surface area contributed by atoms with Crippen molar-refractivity contribution >= 4 is 29.4 Å². The van der Waals surface area contributed by atoms with E-state index in [4.69, 9.17) is 5.11 Å². The van der Waals surface area contributed by atoms with Crippen molar-refractivity contribution in [3.63, 3.8) is 0 Å². The van der Waals surface area contributed by atoms with Crippen LogP contribution < -0.4 is 10.6 Å². The number of amides is 2. The zero-order valence-electron chi connectivity index (χ0n) is 12.8. The summed E-state index contributed by atoms with van der Waals surface area (Å²) < 4.78 is 0. The first-order chi connectivity index (χ1) is 9.85. The van der Waals surface area contributed by atoms with E-state index in [1.54, 1.807) is 11.8 Å². The van der Waals surface area contributed by atoms with E-state index >= 15 is 0 Å². The Hall–Kier alpha value is -1.69. The minimum absolute atomic E-state index is 0.399. The number of carboxylic acids is 1. The van der Waals surface area contributed by atoms with Crippen LogP contribution in [0.4, 0.5) is 10.5 Å². The van der Waals surface area contributed by atoms with Crippen LogP contribution in [0.25, 0.3) is 0 Å². The van der Waals surface area contributed by atoms with Gasteiger partial charge in [0.15, 0.2) is 0 Å². The molecule has 6 heteroatoms. The molecule has 0 unspecified atom stereocenters. The second-order valence-electron chi connectivity index (χ2n) is 5.04. The number of thioether (sulfide) groups is 1. The van der Waals surface area contributed by atoms with Crippen LogP contribution in [0.1, 0.15) is 23.1 Å². The fourth-order valence-electron chi connectivity index (χ4n) is 2.18. The molecular weight excluding hydrogens is 288 g/mol. The predicted octanol–water partition coefficient (Wildman–Crippen LogP) is 2.94. The molecule has 0 saturated heterocycles. The highest BCUT2D eigenvalue weighted by molar-refractivity contribution is 7.98. The first-order valence-corrected chi connectivity index (χ1v) is 8.11. The molecule has 5 nitrogen and oxygen atoms in total. The summed E-state index contributed by atoms with van der Waals surface area (Å²) in [6, 6.07) is 2.60. The SMILES string of the molecule is CSCC[C@@H](NC(=O)Nc1c(C)cc(C)cc1C)C(=O)O. The van der Waals surface area contributed by atoms with Crippen molar-refractivity contribution in [3.05, 3.63) is 28.8 Å². The van der Waals surface area contributed by atoms with Gasteiger partial charge < -0.3 is 15.7 Å². The molecule has 0 aromatic heterocycles. The topological polar surface area (TPSA) is 78.4 Å². The fraction of sp³-hybridized carbons (Fsp3) is 0.467. The standard InChI is InChI=1S/C15H22N2O3S/c1-9-7-10(2)13(11(3)8-9)17-15(20)16-12(14(18)19)5-6-21-4/h7-8,12H,5-6H2,1-4H3,(H,18,19)(H2,16,17,20)/t12-/m1/s1. The first-order valence-electron chi connectivity index (χ1n) is 6.72. The zero-order chi connectivity index (χ0) is 16.0. The lowest BCUT2D eigenvalue weighted by Crippen LogP contribution is -2.43. The van der Waals surface area contributed by atoms with Crippen LogP contribution in [0.5, 0.6) is 0 Å². The maximum Gasteiger partial charge on any atom is 0.326 e. The molecule has 3 N–H and O–H groups in total. The monoisotopic (exact) mass is 310 g/mol. The number of benzene rings is 1. The van der Waals surface area contributed by atoms with E-state index in [9.17, 15) is 9.59 Å². The Kier molecular flexibility index (Phi) is 6.55. The van der Waals surface area contributed by atoms with Crippen molar-refractivity contribution in [1.82, 2.24) is 5.32 Å². The Morgan fingerprint density at radius 3 is 2.29 bits per heavy atom. The summed E-state index contributed by atoms with van der Waals surface area (Å²) in [5, 5.41) is 14.4. The summed E-state index contributed by atoms with van der Waals surface area (Å²) in [6.07, 6.45) is 2.30. The van der Waals surface area contributed by atoms with Crippen LogP contribution in [0.15, 0.2) is 12.1 Å². The molecule has 0 fully saturated rings. The van der Waals surface area contributed by atoms with Crippen LogP contribution in [0, 0.1) is 20.8 Å². The third-order valence-corrected chi connectivity index (χ3v) is 3.77. The van der Waals surface area contributed by atoms with E-state index < -0.39 is 18.0 Å². The zero-order valence-corrected chi connectivity index (χ0v) is 13.6. The van der Waals surface area contributed by atoms with Gasteiger partial charge in [-0.2, -0.15) is 11.8 Å². The van der Waals surface area contributed by atoms with Gasteiger partial charge in [0.05, 0.1) is 0 Å². The molecule has 116 valence electrons. The Morgan fingerprint density at radius 2 is 1.81 bits per heavy atom. The molecule has 21 heavy (non-hydrogen) atoms. The molecule has 1 aromatic rings. The normalized spacial score (nSPS) is 11.8. The number of urea groups is 1. The van der Waals surface area contributed by atoms with Gasteiger partial charge in [0, 0.05) is 5.69 Å². The number of carbonyl (C=O) groups excluding carboxylic acids is 1. The number of aliphatic carboxylic acids is 1. The molecule has 0 aliphatic carbocycles.